The number of esters is 1. The first-order valence-electron chi connectivity index (χ1n) is 6.06. The van der Waals surface area contributed by atoms with Crippen molar-refractivity contribution in [3.05, 3.63) is 63.9 Å². The van der Waals surface area contributed by atoms with Gasteiger partial charge in [0, 0.05) is 10.6 Å². The van der Waals surface area contributed by atoms with Crippen LogP contribution in [0.1, 0.15) is 11.6 Å². The molecule has 1 N–H and O–H groups in total. The molecule has 0 saturated carbocycles. The van der Waals surface area contributed by atoms with Crippen LogP contribution in [0.2, 0.25) is 10.0 Å². The molecule has 0 radical (unpaired) electrons. The lowest BCUT2D eigenvalue weighted by Crippen LogP contribution is -2.23. The van der Waals surface area contributed by atoms with Gasteiger partial charge in [0.2, 0.25) is 0 Å². The quantitative estimate of drug-likeness (QED) is 0.842. The van der Waals surface area contributed by atoms with E-state index in [9.17, 15) is 9.18 Å². The first-order chi connectivity index (χ1) is 10.0. The van der Waals surface area contributed by atoms with Gasteiger partial charge in [0.15, 0.2) is 6.04 Å². The van der Waals surface area contributed by atoms with E-state index in [2.05, 4.69) is 5.32 Å². The number of para-hydroxylation sites is 1. The van der Waals surface area contributed by atoms with Gasteiger partial charge < -0.3 is 10.1 Å². The molecule has 0 aliphatic heterocycles. The van der Waals surface area contributed by atoms with Crippen LogP contribution in [0.5, 0.6) is 0 Å². The molecule has 21 heavy (non-hydrogen) atoms. The first kappa shape index (κ1) is 15.6. The molecule has 2 rings (SSSR count). The molecule has 1 atom stereocenters. The number of methoxy groups -OCH3 is 1. The van der Waals surface area contributed by atoms with Gasteiger partial charge in [-0.1, -0.05) is 41.4 Å². The highest BCUT2D eigenvalue weighted by Crippen LogP contribution is 2.29. The maximum atomic E-state index is 14.0. The maximum absolute atomic E-state index is 14.0. The Morgan fingerprint density at radius 1 is 1.24 bits per heavy atom. The number of benzene rings is 2. The van der Waals surface area contributed by atoms with Crippen molar-refractivity contribution in [2.75, 3.05) is 12.4 Å². The number of carbonyl (C=O) groups is 1. The molecule has 1 unspecified atom stereocenters. The lowest BCUT2D eigenvalue weighted by molar-refractivity contribution is -0.141. The molecule has 0 heterocycles. The van der Waals surface area contributed by atoms with E-state index in [1.165, 1.54) is 19.2 Å². The fourth-order valence-corrected chi connectivity index (χ4v) is 2.20. The summed E-state index contributed by atoms with van der Waals surface area (Å²) in [4.78, 5) is 11.9. The van der Waals surface area contributed by atoms with Crippen LogP contribution in [-0.2, 0) is 9.53 Å². The summed E-state index contributed by atoms with van der Waals surface area (Å²) in [5.74, 6) is -1.23. The zero-order chi connectivity index (χ0) is 15.4. The zero-order valence-electron chi connectivity index (χ0n) is 11.1. The number of rotatable bonds is 4. The van der Waals surface area contributed by atoms with E-state index in [-0.39, 0.29) is 10.6 Å². The van der Waals surface area contributed by atoms with Crippen molar-refractivity contribution >= 4 is 34.9 Å². The molecule has 0 aromatic heterocycles. The molecule has 0 aliphatic carbocycles. The largest absolute Gasteiger partial charge is 0.467 e. The van der Waals surface area contributed by atoms with E-state index >= 15 is 0 Å². The molecule has 6 heteroatoms. The van der Waals surface area contributed by atoms with Crippen molar-refractivity contribution in [1.29, 1.82) is 0 Å². The van der Waals surface area contributed by atoms with E-state index in [0.717, 1.165) is 6.07 Å². The second kappa shape index (κ2) is 6.78. The molecule has 2 aromatic carbocycles. The van der Waals surface area contributed by atoms with Gasteiger partial charge in [-0.2, -0.15) is 0 Å². The minimum Gasteiger partial charge on any atom is -0.467 e. The van der Waals surface area contributed by atoms with Crippen LogP contribution in [-0.4, -0.2) is 13.1 Å². The highest BCUT2D eigenvalue weighted by molar-refractivity contribution is 6.33. The number of carbonyl (C=O) groups excluding carboxylic acids is 1. The van der Waals surface area contributed by atoms with Crippen molar-refractivity contribution in [1.82, 2.24) is 0 Å². The SMILES string of the molecule is COC(=O)C(Nc1ccccc1Cl)c1ccc(Cl)cc1F. The summed E-state index contributed by atoms with van der Waals surface area (Å²) in [5.41, 5.74) is 0.634. The monoisotopic (exact) mass is 327 g/mol. The summed E-state index contributed by atoms with van der Waals surface area (Å²) in [6, 6.07) is 9.91. The lowest BCUT2D eigenvalue weighted by atomic mass is 10.1. The second-order valence-corrected chi connectivity index (χ2v) is 5.09. The van der Waals surface area contributed by atoms with Gasteiger partial charge in [0.1, 0.15) is 5.82 Å². The summed E-state index contributed by atoms with van der Waals surface area (Å²) >= 11 is 11.8. The molecule has 0 aliphatic rings. The summed E-state index contributed by atoms with van der Waals surface area (Å²) < 4.78 is 18.8. The van der Waals surface area contributed by atoms with E-state index in [4.69, 9.17) is 27.9 Å². The highest BCUT2D eigenvalue weighted by Gasteiger charge is 2.25. The Kier molecular flexibility index (Phi) is 5.04. The average Bonchev–Trinajstić information content (AvgIpc) is 2.46. The van der Waals surface area contributed by atoms with Gasteiger partial charge in [-0.3, -0.25) is 0 Å². The third kappa shape index (κ3) is 3.65. The number of nitrogens with one attached hydrogen (secondary N) is 1. The van der Waals surface area contributed by atoms with Crippen LogP contribution in [0.4, 0.5) is 10.1 Å². The topological polar surface area (TPSA) is 38.3 Å². The Morgan fingerprint density at radius 2 is 1.95 bits per heavy atom. The maximum Gasteiger partial charge on any atom is 0.333 e. The molecule has 2 aromatic rings. The fraction of sp³-hybridized carbons (Fsp3) is 0.133. The summed E-state index contributed by atoms with van der Waals surface area (Å²) in [6.07, 6.45) is 0. The third-order valence-electron chi connectivity index (χ3n) is 2.88. The Labute approximate surface area is 131 Å². The Balaban J connectivity index is 2.40. The second-order valence-electron chi connectivity index (χ2n) is 4.25. The van der Waals surface area contributed by atoms with Gasteiger partial charge in [0.05, 0.1) is 17.8 Å². The van der Waals surface area contributed by atoms with Crippen LogP contribution < -0.4 is 5.32 Å². The van der Waals surface area contributed by atoms with E-state index < -0.39 is 17.8 Å². The van der Waals surface area contributed by atoms with Gasteiger partial charge >= 0.3 is 5.97 Å². The van der Waals surface area contributed by atoms with E-state index in [1.54, 1.807) is 24.3 Å². The molecular weight excluding hydrogens is 316 g/mol. The number of halogens is 3. The minimum absolute atomic E-state index is 0.131. The van der Waals surface area contributed by atoms with Crippen molar-refractivity contribution in [3.8, 4) is 0 Å². The van der Waals surface area contributed by atoms with Crippen molar-refractivity contribution in [3.63, 3.8) is 0 Å². The lowest BCUT2D eigenvalue weighted by Gasteiger charge is -2.19. The van der Waals surface area contributed by atoms with Gasteiger partial charge in [-0.25, -0.2) is 9.18 Å². The highest BCUT2D eigenvalue weighted by atomic mass is 35.5. The smallest absolute Gasteiger partial charge is 0.333 e. The van der Waals surface area contributed by atoms with Gasteiger partial charge in [-0.15, -0.1) is 0 Å². The first-order valence-corrected chi connectivity index (χ1v) is 6.82. The number of hydrogen-bond donors (Lipinski definition) is 1. The summed E-state index contributed by atoms with van der Waals surface area (Å²) in [6.45, 7) is 0. The molecule has 3 nitrogen and oxygen atoms in total. The molecular formula is C15H12Cl2FNO2. The van der Waals surface area contributed by atoms with Crippen LogP contribution >= 0.6 is 23.2 Å². The zero-order valence-corrected chi connectivity index (χ0v) is 12.6. The standard InChI is InChI=1S/C15H12Cl2FNO2/c1-21-15(20)14(10-7-6-9(16)8-12(10)18)19-13-5-3-2-4-11(13)17/h2-8,14,19H,1H3. The normalized spacial score (nSPS) is 11.8. The fourth-order valence-electron chi connectivity index (χ4n) is 1.85. The third-order valence-corrected chi connectivity index (χ3v) is 3.45. The predicted molar refractivity (Wildman–Crippen MR) is 81.2 cm³/mol. The molecule has 0 spiro atoms. The predicted octanol–water partition coefficient (Wildman–Crippen LogP) is 4.46. The number of hydrogen-bond acceptors (Lipinski definition) is 3. The summed E-state index contributed by atoms with van der Waals surface area (Å²) in [5, 5.41) is 3.55. The van der Waals surface area contributed by atoms with Crippen LogP contribution in [0.3, 0.4) is 0 Å². The van der Waals surface area contributed by atoms with E-state index in [1.807, 2.05) is 0 Å². The number of ether oxygens (including phenoxy) is 1. The van der Waals surface area contributed by atoms with Crippen molar-refractivity contribution in [2.45, 2.75) is 6.04 Å². The Hall–Kier alpha value is -1.78. The van der Waals surface area contributed by atoms with Crippen molar-refractivity contribution in [2.24, 2.45) is 0 Å². The van der Waals surface area contributed by atoms with Gasteiger partial charge in [-0.05, 0) is 24.3 Å². The van der Waals surface area contributed by atoms with E-state index in [0.29, 0.717) is 10.7 Å². The average molecular weight is 328 g/mol. The number of anilines is 1. The van der Waals surface area contributed by atoms with Crippen molar-refractivity contribution < 1.29 is 13.9 Å². The molecule has 110 valence electrons. The Morgan fingerprint density at radius 3 is 2.57 bits per heavy atom. The molecule has 0 bridgehead atoms. The Bertz CT molecular complexity index is 664. The molecule has 0 fully saturated rings. The molecule has 0 amide bonds. The molecule has 0 saturated heterocycles. The van der Waals surface area contributed by atoms with Crippen LogP contribution in [0, 0.1) is 5.82 Å². The minimum atomic E-state index is -1.02. The van der Waals surface area contributed by atoms with Crippen LogP contribution in [0.25, 0.3) is 0 Å². The summed E-state index contributed by atoms with van der Waals surface area (Å²) in [7, 11) is 1.23. The van der Waals surface area contributed by atoms with Crippen LogP contribution in [0.15, 0.2) is 42.5 Å². The van der Waals surface area contributed by atoms with Gasteiger partial charge in [0.25, 0.3) is 0 Å².